The SMILES string of the molecule is Cc1ccc(/C(O)=C2\C(=O)C(=O)N(c3cc(F)ccc3F)C2c2ccc(F)cc2)cc1C. The molecule has 32 heavy (non-hydrogen) atoms. The second-order valence-corrected chi connectivity index (χ2v) is 7.62. The van der Waals surface area contributed by atoms with Crippen molar-refractivity contribution >= 4 is 23.1 Å². The van der Waals surface area contributed by atoms with Gasteiger partial charge in [-0.25, -0.2) is 13.2 Å². The van der Waals surface area contributed by atoms with E-state index in [0.717, 1.165) is 46.4 Å². The van der Waals surface area contributed by atoms with Crippen molar-refractivity contribution in [1.29, 1.82) is 0 Å². The Morgan fingerprint density at radius 1 is 0.844 bits per heavy atom. The number of Topliss-reactive ketones (excluding diaryl/α,β-unsaturated/α-hetero) is 1. The molecule has 162 valence electrons. The van der Waals surface area contributed by atoms with E-state index in [0.29, 0.717) is 0 Å². The second kappa shape index (κ2) is 8.00. The Hall–Kier alpha value is -3.87. The van der Waals surface area contributed by atoms with E-state index < -0.39 is 46.6 Å². The standard InChI is InChI=1S/C25H18F3NO3/c1-13-3-4-16(11-14(13)2)23(30)21-22(15-5-7-17(26)8-6-15)29(25(32)24(21)31)20-12-18(27)9-10-19(20)28/h3-12,22,30H,1-2H3/b23-21+. The maximum Gasteiger partial charge on any atom is 0.300 e. The van der Waals surface area contributed by atoms with Crippen molar-refractivity contribution in [3.63, 3.8) is 0 Å². The van der Waals surface area contributed by atoms with Gasteiger partial charge in [-0.3, -0.25) is 14.5 Å². The zero-order valence-corrected chi connectivity index (χ0v) is 17.2. The smallest absolute Gasteiger partial charge is 0.300 e. The van der Waals surface area contributed by atoms with Gasteiger partial charge in [0.1, 0.15) is 23.2 Å². The van der Waals surface area contributed by atoms with Gasteiger partial charge in [-0.15, -0.1) is 0 Å². The Morgan fingerprint density at radius 2 is 1.50 bits per heavy atom. The third kappa shape index (κ3) is 3.56. The van der Waals surface area contributed by atoms with Crippen LogP contribution in [0.1, 0.15) is 28.3 Å². The summed E-state index contributed by atoms with van der Waals surface area (Å²) >= 11 is 0. The van der Waals surface area contributed by atoms with Crippen molar-refractivity contribution in [3.05, 3.63) is 106 Å². The van der Waals surface area contributed by atoms with Crippen LogP contribution >= 0.6 is 0 Å². The van der Waals surface area contributed by atoms with Crippen molar-refractivity contribution in [2.24, 2.45) is 0 Å². The van der Waals surface area contributed by atoms with E-state index in [1.807, 2.05) is 13.8 Å². The molecule has 4 rings (SSSR count). The molecule has 0 aromatic heterocycles. The molecule has 1 saturated heterocycles. The molecule has 3 aromatic rings. The zero-order valence-electron chi connectivity index (χ0n) is 17.2. The Balaban J connectivity index is 1.99. The van der Waals surface area contributed by atoms with E-state index in [1.54, 1.807) is 18.2 Å². The topological polar surface area (TPSA) is 57.6 Å². The van der Waals surface area contributed by atoms with Crippen molar-refractivity contribution in [1.82, 2.24) is 0 Å². The molecule has 3 aromatic carbocycles. The monoisotopic (exact) mass is 437 g/mol. The van der Waals surface area contributed by atoms with Crippen LogP contribution in [0.4, 0.5) is 18.9 Å². The van der Waals surface area contributed by atoms with E-state index in [-0.39, 0.29) is 16.7 Å². The fourth-order valence-electron chi connectivity index (χ4n) is 3.76. The summed E-state index contributed by atoms with van der Waals surface area (Å²) in [4.78, 5) is 26.8. The van der Waals surface area contributed by atoms with Gasteiger partial charge in [-0.1, -0.05) is 24.3 Å². The first-order valence-electron chi connectivity index (χ1n) is 9.78. The highest BCUT2D eigenvalue weighted by Crippen LogP contribution is 2.43. The first-order chi connectivity index (χ1) is 15.2. The highest BCUT2D eigenvalue weighted by molar-refractivity contribution is 6.51. The third-order valence-electron chi connectivity index (χ3n) is 5.58. The number of ketones is 1. The molecule has 1 fully saturated rings. The van der Waals surface area contributed by atoms with Gasteiger partial charge in [0.2, 0.25) is 0 Å². The van der Waals surface area contributed by atoms with Crippen LogP contribution in [-0.4, -0.2) is 16.8 Å². The van der Waals surface area contributed by atoms with E-state index in [2.05, 4.69) is 0 Å². The van der Waals surface area contributed by atoms with Crippen LogP contribution < -0.4 is 4.90 Å². The van der Waals surface area contributed by atoms with Gasteiger partial charge in [0, 0.05) is 11.6 Å². The number of rotatable bonds is 3. The third-order valence-corrected chi connectivity index (χ3v) is 5.58. The number of aryl methyl sites for hydroxylation is 2. The Kier molecular flexibility index (Phi) is 5.34. The molecule has 1 amide bonds. The average Bonchev–Trinajstić information content (AvgIpc) is 3.02. The predicted octanol–water partition coefficient (Wildman–Crippen LogP) is 5.35. The fraction of sp³-hybridized carbons (Fsp3) is 0.120. The Bertz CT molecular complexity index is 1280. The molecule has 0 radical (unpaired) electrons. The maximum absolute atomic E-state index is 14.6. The average molecular weight is 437 g/mol. The minimum Gasteiger partial charge on any atom is -0.507 e. The molecule has 7 heteroatoms. The van der Waals surface area contributed by atoms with E-state index in [4.69, 9.17) is 0 Å². The molecule has 0 spiro atoms. The van der Waals surface area contributed by atoms with Crippen LogP contribution in [0.3, 0.4) is 0 Å². The van der Waals surface area contributed by atoms with Gasteiger partial charge >= 0.3 is 0 Å². The number of carbonyl (C=O) groups excluding carboxylic acids is 2. The highest BCUT2D eigenvalue weighted by atomic mass is 19.1. The molecule has 1 aliphatic heterocycles. The van der Waals surface area contributed by atoms with Crippen LogP contribution in [0.2, 0.25) is 0 Å². The first kappa shape index (κ1) is 21.4. The summed E-state index contributed by atoms with van der Waals surface area (Å²) < 4.78 is 42.1. The van der Waals surface area contributed by atoms with Gasteiger partial charge < -0.3 is 5.11 Å². The summed E-state index contributed by atoms with van der Waals surface area (Å²) in [6.45, 7) is 3.70. The van der Waals surface area contributed by atoms with Crippen LogP contribution in [0.15, 0.2) is 66.2 Å². The molecule has 1 heterocycles. The van der Waals surface area contributed by atoms with Crippen molar-refractivity contribution in [2.75, 3.05) is 4.90 Å². The number of aliphatic hydroxyl groups is 1. The van der Waals surface area contributed by atoms with Gasteiger partial charge in [0.05, 0.1) is 17.3 Å². The molecule has 1 unspecified atom stereocenters. The quantitative estimate of drug-likeness (QED) is 0.342. The van der Waals surface area contributed by atoms with Gasteiger partial charge in [-0.05, 0) is 60.9 Å². The number of anilines is 1. The second-order valence-electron chi connectivity index (χ2n) is 7.62. The number of aliphatic hydroxyl groups excluding tert-OH is 1. The van der Waals surface area contributed by atoms with E-state index in [1.165, 1.54) is 12.1 Å². The molecular weight excluding hydrogens is 419 g/mol. The number of nitrogens with zero attached hydrogens (tertiary/aromatic N) is 1. The first-order valence-corrected chi connectivity index (χ1v) is 9.78. The van der Waals surface area contributed by atoms with E-state index >= 15 is 0 Å². The summed E-state index contributed by atoms with van der Waals surface area (Å²) in [6.07, 6.45) is 0. The van der Waals surface area contributed by atoms with Gasteiger partial charge in [-0.2, -0.15) is 0 Å². The normalized spacial score (nSPS) is 17.8. The lowest BCUT2D eigenvalue weighted by Crippen LogP contribution is -2.30. The summed E-state index contributed by atoms with van der Waals surface area (Å²) in [6, 6.07) is 11.1. The Morgan fingerprint density at radius 3 is 2.16 bits per heavy atom. The summed E-state index contributed by atoms with van der Waals surface area (Å²) in [5.74, 6) is -4.94. The minimum absolute atomic E-state index is 0.250. The molecule has 0 saturated carbocycles. The molecule has 1 aliphatic rings. The Labute approximate surface area is 182 Å². The number of benzene rings is 3. The number of halogens is 3. The van der Waals surface area contributed by atoms with Gasteiger partial charge in [0.15, 0.2) is 0 Å². The predicted molar refractivity (Wildman–Crippen MR) is 113 cm³/mol. The summed E-state index contributed by atoms with van der Waals surface area (Å²) in [7, 11) is 0. The van der Waals surface area contributed by atoms with Crippen LogP contribution in [0.5, 0.6) is 0 Å². The fourth-order valence-corrected chi connectivity index (χ4v) is 3.76. The lowest BCUT2D eigenvalue weighted by molar-refractivity contribution is -0.132. The van der Waals surface area contributed by atoms with Crippen LogP contribution in [-0.2, 0) is 9.59 Å². The van der Waals surface area contributed by atoms with Crippen molar-refractivity contribution < 1.29 is 27.9 Å². The maximum atomic E-state index is 14.6. The highest BCUT2D eigenvalue weighted by Gasteiger charge is 2.47. The molecule has 4 nitrogen and oxygen atoms in total. The van der Waals surface area contributed by atoms with Crippen molar-refractivity contribution in [2.45, 2.75) is 19.9 Å². The molecule has 1 N–H and O–H groups in total. The number of hydrogen-bond donors (Lipinski definition) is 1. The lowest BCUT2D eigenvalue weighted by atomic mass is 9.94. The lowest BCUT2D eigenvalue weighted by Gasteiger charge is -2.25. The molecule has 0 bridgehead atoms. The molecule has 0 aliphatic carbocycles. The van der Waals surface area contributed by atoms with Crippen LogP contribution in [0.25, 0.3) is 5.76 Å². The van der Waals surface area contributed by atoms with Gasteiger partial charge in [0.25, 0.3) is 11.7 Å². The number of carbonyl (C=O) groups is 2. The summed E-state index contributed by atoms with van der Waals surface area (Å²) in [5.41, 5.74) is 1.59. The molecule has 1 atom stereocenters. The molecular formula is C25H18F3NO3. The largest absolute Gasteiger partial charge is 0.507 e. The zero-order chi connectivity index (χ0) is 23.2. The summed E-state index contributed by atoms with van der Waals surface area (Å²) in [5, 5.41) is 11.0. The van der Waals surface area contributed by atoms with Crippen molar-refractivity contribution in [3.8, 4) is 0 Å². The van der Waals surface area contributed by atoms with E-state index in [9.17, 15) is 27.9 Å². The number of amides is 1. The number of hydrogen-bond acceptors (Lipinski definition) is 3. The minimum atomic E-state index is -1.28. The van der Waals surface area contributed by atoms with Crippen LogP contribution in [0, 0.1) is 31.3 Å².